The van der Waals surface area contributed by atoms with Crippen LogP contribution in [0.1, 0.15) is 0 Å². The molecule has 4 nitrogen and oxygen atoms in total. The van der Waals surface area contributed by atoms with Crippen molar-refractivity contribution in [2.45, 2.75) is 0 Å². The van der Waals surface area contributed by atoms with Gasteiger partial charge in [0, 0.05) is 17.1 Å². The molecular weight excluding hydrogens is 328 g/mol. The van der Waals surface area contributed by atoms with Crippen molar-refractivity contribution in [2.24, 2.45) is 0 Å². The first-order valence-electron chi connectivity index (χ1n) is 5.51. The Hall–Kier alpha value is -1.43. The zero-order valence-corrected chi connectivity index (χ0v) is 12.0. The predicted octanol–water partition coefficient (Wildman–Crippen LogP) is 3.34. The zero-order valence-electron chi connectivity index (χ0n) is 10.2. The van der Waals surface area contributed by atoms with Crippen molar-refractivity contribution in [3.8, 4) is 0 Å². The minimum atomic E-state index is -4.67. The van der Waals surface area contributed by atoms with Gasteiger partial charge in [0.2, 0.25) is 0 Å². The molecular formula is C14H12CuO4S. The summed E-state index contributed by atoms with van der Waals surface area (Å²) in [5, 5.41) is 5.25. The fourth-order valence-electron chi connectivity index (χ4n) is 1.88. The summed E-state index contributed by atoms with van der Waals surface area (Å²) >= 11 is 0. The average molecular weight is 340 g/mol. The average Bonchev–Trinajstić information content (AvgIpc) is 2.34. The number of hydrogen-bond donors (Lipinski definition) is 2. The van der Waals surface area contributed by atoms with E-state index in [-0.39, 0.29) is 17.1 Å². The van der Waals surface area contributed by atoms with Crippen LogP contribution in [0.15, 0.2) is 60.7 Å². The third kappa shape index (κ3) is 4.92. The smallest absolute Gasteiger partial charge is 0.264 e. The van der Waals surface area contributed by atoms with Gasteiger partial charge in [-0.05, 0) is 33.7 Å². The summed E-state index contributed by atoms with van der Waals surface area (Å²) in [5.41, 5.74) is 0. The van der Waals surface area contributed by atoms with Crippen LogP contribution in [0.4, 0.5) is 0 Å². The topological polar surface area (TPSA) is 74.6 Å². The van der Waals surface area contributed by atoms with Crippen molar-refractivity contribution in [2.75, 3.05) is 0 Å². The van der Waals surface area contributed by atoms with Crippen molar-refractivity contribution in [1.82, 2.24) is 0 Å². The van der Waals surface area contributed by atoms with Crippen molar-refractivity contribution in [1.29, 1.82) is 0 Å². The summed E-state index contributed by atoms with van der Waals surface area (Å²) in [5.74, 6) is 0. The molecule has 20 heavy (non-hydrogen) atoms. The first-order valence-corrected chi connectivity index (χ1v) is 6.90. The standard InChI is InChI=1S/C14H10.Cu.H2O4S/c1-2-6-12-10-14-8-4-3-7-13(14)9-11(12)5-1;;1-5(2,3)4/h1-10H;;(H2,1,2,3,4). The van der Waals surface area contributed by atoms with E-state index in [1.807, 2.05) is 0 Å². The molecule has 1 radical (unpaired) electrons. The van der Waals surface area contributed by atoms with Crippen molar-refractivity contribution >= 4 is 31.9 Å². The Morgan fingerprint density at radius 1 is 0.650 bits per heavy atom. The molecule has 109 valence electrons. The van der Waals surface area contributed by atoms with E-state index in [1.54, 1.807) is 0 Å². The van der Waals surface area contributed by atoms with E-state index < -0.39 is 10.4 Å². The molecule has 2 N–H and O–H groups in total. The van der Waals surface area contributed by atoms with Crippen LogP contribution < -0.4 is 0 Å². The van der Waals surface area contributed by atoms with Gasteiger partial charge in [0.05, 0.1) is 0 Å². The molecule has 0 spiro atoms. The summed E-state index contributed by atoms with van der Waals surface area (Å²) in [6, 6.07) is 21.4. The Labute approximate surface area is 127 Å². The second-order valence-corrected chi connectivity index (χ2v) is 4.89. The van der Waals surface area contributed by atoms with Crippen molar-refractivity contribution in [3.05, 3.63) is 60.7 Å². The van der Waals surface area contributed by atoms with Gasteiger partial charge in [-0.25, -0.2) is 0 Å². The molecule has 3 rings (SSSR count). The van der Waals surface area contributed by atoms with E-state index in [2.05, 4.69) is 60.7 Å². The van der Waals surface area contributed by atoms with E-state index in [0.717, 1.165) is 0 Å². The Morgan fingerprint density at radius 2 is 0.850 bits per heavy atom. The van der Waals surface area contributed by atoms with Crippen LogP contribution in [0.3, 0.4) is 0 Å². The molecule has 0 amide bonds. The van der Waals surface area contributed by atoms with E-state index in [9.17, 15) is 0 Å². The largest absolute Gasteiger partial charge is 0.394 e. The van der Waals surface area contributed by atoms with Crippen LogP contribution in [-0.4, -0.2) is 17.5 Å². The van der Waals surface area contributed by atoms with E-state index >= 15 is 0 Å². The van der Waals surface area contributed by atoms with Crippen LogP contribution in [0.2, 0.25) is 0 Å². The molecule has 3 aromatic carbocycles. The van der Waals surface area contributed by atoms with Gasteiger partial charge in [0.15, 0.2) is 0 Å². The molecule has 0 saturated heterocycles. The summed E-state index contributed by atoms with van der Waals surface area (Å²) in [7, 11) is -4.67. The fourth-order valence-corrected chi connectivity index (χ4v) is 1.88. The normalized spacial score (nSPS) is 10.5. The summed E-state index contributed by atoms with van der Waals surface area (Å²) in [4.78, 5) is 0. The molecule has 0 bridgehead atoms. The van der Waals surface area contributed by atoms with Gasteiger partial charge in [-0.3, -0.25) is 9.11 Å². The minimum Gasteiger partial charge on any atom is -0.264 e. The third-order valence-electron chi connectivity index (χ3n) is 2.61. The number of hydrogen-bond acceptors (Lipinski definition) is 2. The van der Waals surface area contributed by atoms with E-state index in [0.29, 0.717) is 0 Å². The second kappa shape index (κ2) is 6.83. The third-order valence-corrected chi connectivity index (χ3v) is 2.61. The van der Waals surface area contributed by atoms with E-state index in [4.69, 9.17) is 17.5 Å². The van der Waals surface area contributed by atoms with Gasteiger partial charge in [-0.2, -0.15) is 8.42 Å². The van der Waals surface area contributed by atoms with Crippen LogP contribution in [0.5, 0.6) is 0 Å². The van der Waals surface area contributed by atoms with Gasteiger partial charge in [-0.15, -0.1) is 0 Å². The van der Waals surface area contributed by atoms with Crippen LogP contribution in [0.25, 0.3) is 21.5 Å². The molecule has 0 atom stereocenters. The summed E-state index contributed by atoms with van der Waals surface area (Å²) in [6.07, 6.45) is 0. The number of benzene rings is 3. The van der Waals surface area contributed by atoms with Crippen molar-refractivity contribution < 1.29 is 34.6 Å². The molecule has 0 aliphatic carbocycles. The van der Waals surface area contributed by atoms with Crippen LogP contribution >= 0.6 is 0 Å². The Kier molecular flexibility index (Phi) is 5.68. The van der Waals surface area contributed by atoms with Crippen LogP contribution in [0, 0.1) is 0 Å². The quantitative estimate of drug-likeness (QED) is 0.374. The van der Waals surface area contributed by atoms with Gasteiger partial charge >= 0.3 is 10.4 Å². The Bertz CT molecular complexity index is 702. The van der Waals surface area contributed by atoms with Gasteiger partial charge in [0.25, 0.3) is 0 Å². The fraction of sp³-hybridized carbons (Fsp3) is 0. The maximum atomic E-state index is 8.74. The molecule has 0 unspecified atom stereocenters. The number of rotatable bonds is 0. The summed E-state index contributed by atoms with van der Waals surface area (Å²) < 4.78 is 31.6. The molecule has 0 aliphatic rings. The van der Waals surface area contributed by atoms with E-state index in [1.165, 1.54) is 21.5 Å². The summed E-state index contributed by atoms with van der Waals surface area (Å²) in [6.45, 7) is 0. The first-order chi connectivity index (χ1) is 8.93. The number of fused-ring (bicyclic) bond motifs is 2. The Morgan fingerprint density at radius 3 is 1.05 bits per heavy atom. The first kappa shape index (κ1) is 16.6. The molecule has 0 heterocycles. The minimum absolute atomic E-state index is 0. The zero-order chi connectivity index (χ0) is 13.9. The maximum Gasteiger partial charge on any atom is 0.394 e. The molecule has 0 aromatic heterocycles. The SMILES string of the molecule is O=S(=O)(O)O.[Cu].c1ccc2cc3ccccc3cc2c1. The second-order valence-electron chi connectivity index (χ2n) is 3.99. The molecule has 0 aliphatic heterocycles. The monoisotopic (exact) mass is 339 g/mol. The van der Waals surface area contributed by atoms with Gasteiger partial charge < -0.3 is 0 Å². The van der Waals surface area contributed by atoms with Crippen LogP contribution in [-0.2, 0) is 27.5 Å². The van der Waals surface area contributed by atoms with Gasteiger partial charge in [0.1, 0.15) is 0 Å². The predicted molar refractivity (Wildman–Crippen MR) is 75.6 cm³/mol. The maximum absolute atomic E-state index is 8.74. The molecule has 3 aromatic rings. The van der Waals surface area contributed by atoms with Gasteiger partial charge in [-0.1, -0.05) is 48.5 Å². The molecule has 0 fully saturated rings. The molecule has 0 saturated carbocycles. The van der Waals surface area contributed by atoms with Crippen molar-refractivity contribution in [3.63, 3.8) is 0 Å². The Balaban J connectivity index is 0.000000293. The molecule has 6 heteroatoms.